The summed E-state index contributed by atoms with van der Waals surface area (Å²) in [5.74, 6) is -0.357. The minimum Gasteiger partial charge on any atom is -0.462 e. The van der Waals surface area contributed by atoms with E-state index in [4.69, 9.17) is 73.0 Å². The number of aliphatic hydroxyl groups is 10. The molecule has 3 aliphatic heterocycles. The van der Waals surface area contributed by atoms with Gasteiger partial charge in [-0.3, -0.25) is 9.59 Å². The summed E-state index contributed by atoms with van der Waals surface area (Å²) in [5.41, 5.74) is 0.374. The molecule has 75 heavy (non-hydrogen) atoms. The van der Waals surface area contributed by atoms with Crippen molar-refractivity contribution in [2.24, 2.45) is 0 Å². The van der Waals surface area contributed by atoms with Gasteiger partial charge >= 0.3 is 6.72 Å². The Balaban J connectivity index is 1.06. The first kappa shape index (κ1) is 65.2. The Morgan fingerprint density at radius 2 is 1.07 bits per heavy atom. The molecule has 3 saturated heterocycles. The van der Waals surface area contributed by atoms with Crippen LogP contribution in [0.2, 0.25) is 0 Å². The van der Waals surface area contributed by atoms with E-state index >= 15 is 0 Å². The molecule has 4 rings (SSSR count). The third-order valence-electron chi connectivity index (χ3n) is 11.8. The van der Waals surface area contributed by atoms with Crippen LogP contribution in [0.15, 0.2) is 24.3 Å². The maximum absolute atomic E-state index is 12.6. The van der Waals surface area contributed by atoms with Crippen molar-refractivity contribution in [2.75, 3.05) is 111 Å². The molecule has 0 saturated carbocycles. The molecule has 1 aromatic carbocycles. The van der Waals surface area contributed by atoms with Gasteiger partial charge in [-0.05, 0) is 48.9 Å². The molecule has 0 spiro atoms. The zero-order valence-electron chi connectivity index (χ0n) is 41.7. The molecule has 13 N–H and O–H groups in total. The van der Waals surface area contributed by atoms with Crippen molar-refractivity contribution in [3.05, 3.63) is 24.3 Å². The number of aliphatic hydroxyl groups excluding tert-OH is 10. The number of benzene rings is 1. The summed E-state index contributed by atoms with van der Waals surface area (Å²) in [6.07, 6.45) is -21.9. The van der Waals surface area contributed by atoms with Gasteiger partial charge in [-0.25, -0.2) is 0 Å². The van der Waals surface area contributed by atoms with Crippen molar-refractivity contribution in [3.63, 3.8) is 0 Å². The first-order valence-corrected chi connectivity index (χ1v) is 27.2. The van der Waals surface area contributed by atoms with E-state index in [-0.39, 0.29) is 56.8 Å². The number of carbonyl (C=O) groups excluding carboxylic acids is 2. The fourth-order valence-electron chi connectivity index (χ4n) is 7.44. The highest BCUT2D eigenvalue weighted by atomic mass is 32.5. The van der Waals surface area contributed by atoms with Crippen LogP contribution >= 0.6 is 6.72 Å². The number of unbranched alkanes of at least 4 members (excludes halogenated alkanes) is 3. The number of hydrogen-bond donors (Lipinski definition) is 13. The van der Waals surface area contributed by atoms with E-state index in [2.05, 4.69) is 10.6 Å². The van der Waals surface area contributed by atoms with Gasteiger partial charge in [0.05, 0.1) is 98.9 Å². The summed E-state index contributed by atoms with van der Waals surface area (Å²) in [6, 6.07) is 5.84. The van der Waals surface area contributed by atoms with E-state index in [1.807, 2.05) is 0 Å². The fraction of sp³-hybridized carbons (Fsp3) is 0.822. The molecule has 0 radical (unpaired) electrons. The molecule has 1 aromatic rings. The monoisotopic (exact) mass is 1120 g/mol. The minimum atomic E-state index is -3.10. The van der Waals surface area contributed by atoms with Gasteiger partial charge in [-0.15, -0.1) is 0 Å². The Labute approximate surface area is 439 Å². The summed E-state index contributed by atoms with van der Waals surface area (Å²) in [5, 5.41) is 109. The van der Waals surface area contributed by atoms with Crippen LogP contribution in [0.1, 0.15) is 38.5 Å². The molecule has 0 bridgehead atoms. The molecule has 3 fully saturated rings. The number of anilines is 1. The van der Waals surface area contributed by atoms with Crippen molar-refractivity contribution < 1.29 is 127 Å². The van der Waals surface area contributed by atoms with Gasteiger partial charge in [0.25, 0.3) is 0 Å². The van der Waals surface area contributed by atoms with Crippen LogP contribution < -0.4 is 15.4 Å². The third kappa shape index (κ3) is 22.8. The van der Waals surface area contributed by atoms with Gasteiger partial charge < -0.3 is 128 Å². The van der Waals surface area contributed by atoms with Gasteiger partial charge in [0, 0.05) is 25.8 Å². The second kappa shape index (κ2) is 35.3. The Kier molecular flexibility index (Phi) is 30.7. The standard InChI is InChI=1S/C45H77N2O26PS/c1-61-74(60,75)68-13-5-3-2-4-12-46-32(50)10-14-62-16-18-64-20-22-66-23-21-65-19-17-63-15-11-33(51)47-27-6-8-28(9-7-27)69-45-41(59)42(73-44-40(58)38(56)35(53)30(25-49)71-44)36(54)31(72-45)26-67-43-39(57)37(55)34(52)29(24-48)70-43/h6-9,29-31,34-45,48-49,52-59H,2-5,10-26H2,1H3,(H,46,50)(H,47,51)(H,60,75)/t29?,30?,31?,34-,35-,36-,37+,38+,39?,40?,41?,42+,43+,44-,45+,74?/m1/s1. The third-order valence-corrected chi connectivity index (χ3v) is 13.5. The predicted molar refractivity (Wildman–Crippen MR) is 259 cm³/mol. The molecular formula is C45H77N2O26PS. The lowest BCUT2D eigenvalue weighted by molar-refractivity contribution is -0.358. The molecule has 434 valence electrons. The molecule has 3 aliphatic rings. The van der Waals surface area contributed by atoms with E-state index in [0.29, 0.717) is 58.5 Å². The maximum atomic E-state index is 12.6. The number of ether oxygens (including phenoxy) is 11. The van der Waals surface area contributed by atoms with Crippen LogP contribution in [0.5, 0.6) is 5.75 Å². The first-order valence-electron chi connectivity index (χ1n) is 24.6. The zero-order valence-corrected chi connectivity index (χ0v) is 43.4. The molecular weight excluding hydrogens is 1050 g/mol. The van der Waals surface area contributed by atoms with Crippen molar-refractivity contribution in [1.29, 1.82) is 0 Å². The lowest BCUT2D eigenvalue weighted by Crippen LogP contribution is -2.65. The highest BCUT2D eigenvalue weighted by Crippen LogP contribution is 2.42. The Bertz CT molecular complexity index is 1780. The van der Waals surface area contributed by atoms with Gasteiger partial charge in [0.2, 0.25) is 18.1 Å². The smallest absolute Gasteiger partial charge is 0.324 e. The van der Waals surface area contributed by atoms with Crippen LogP contribution in [0.25, 0.3) is 0 Å². The van der Waals surface area contributed by atoms with Crippen LogP contribution in [0, 0.1) is 0 Å². The molecule has 30 heteroatoms. The average Bonchev–Trinajstić information content (AvgIpc) is 3.39. The average molecular weight is 1130 g/mol. The summed E-state index contributed by atoms with van der Waals surface area (Å²) < 4.78 is 71.0. The quantitative estimate of drug-likeness (QED) is 0.0222. The van der Waals surface area contributed by atoms with Crippen LogP contribution in [-0.4, -0.2) is 266 Å². The van der Waals surface area contributed by atoms with Crippen LogP contribution in [0.4, 0.5) is 5.69 Å². The highest BCUT2D eigenvalue weighted by molar-refractivity contribution is 8.07. The van der Waals surface area contributed by atoms with Gasteiger partial charge in [0.1, 0.15) is 79.0 Å². The summed E-state index contributed by atoms with van der Waals surface area (Å²) >= 11 is 4.76. The van der Waals surface area contributed by atoms with Crippen LogP contribution in [0.3, 0.4) is 0 Å². The zero-order chi connectivity index (χ0) is 54.8. The molecule has 16 atom stereocenters. The van der Waals surface area contributed by atoms with Crippen molar-refractivity contribution >= 4 is 36.0 Å². The van der Waals surface area contributed by atoms with E-state index in [1.54, 1.807) is 0 Å². The Morgan fingerprint density at radius 1 is 0.573 bits per heavy atom. The number of rotatable bonds is 37. The Morgan fingerprint density at radius 3 is 1.61 bits per heavy atom. The molecule has 3 heterocycles. The molecule has 0 aliphatic carbocycles. The lowest BCUT2D eigenvalue weighted by atomic mass is 9.96. The lowest BCUT2D eigenvalue weighted by Gasteiger charge is -2.46. The Hall–Kier alpha value is -2.31. The van der Waals surface area contributed by atoms with Gasteiger partial charge in [0.15, 0.2) is 12.6 Å². The molecule has 2 amide bonds. The van der Waals surface area contributed by atoms with E-state index < -0.39 is 119 Å². The molecule has 0 aromatic heterocycles. The predicted octanol–water partition coefficient (Wildman–Crippen LogP) is -4.13. The maximum Gasteiger partial charge on any atom is 0.324 e. The highest BCUT2D eigenvalue weighted by Gasteiger charge is 2.52. The first-order chi connectivity index (χ1) is 36.0. The molecule has 28 nitrogen and oxygen atoms in total. The van der Waals surface area contributed by atoms with E-state index in [1.165, 1.54) is 31.4 Å². The number of nitrogens with one attached hydrogen (secondary N) is 2. The SMILES string of the molecule is COP(O)(=S)OCCCCCCNC(=O)CCOCCOCCOCCOCCOCCC(=O)Nc1ccc(O[C@H]2OC(CO[C@H]3OC(CO)[C@@H](O)[C@H](O)C3O)[C@@H](O)[C@H](O[C@H]3OC(CO)[C@@H](O)[C@H](O)C3O)C2O)cc1. The fourth-order valence-corrected chi connectivity index (χ4v) is 8.13. The second-order valence-electron chi connectivity index (χ2n) is 17.4. The van der Waals surface area contributed by atoms with Crippen molar-refractivity contribution in [2.45, 2.75) is 131 Å². The number of amides is 2. The topological polar surface area (TPSA) is 401 Å². The van der Waals surface area contributed by atoms with Crippen molar-refractivity contribution in [3.8, 4) is 5.75 Å². The van der Waals surface area contributed by atoms with Crippen molar-refractivity contribution in [1.82, 2.24) is 5.32 Å². The molecule has 7 unspecified atom stereocenters. The van der Waals surface area contributed by atoms with Crippen LogP contribution in [-0.2, 0) is 77.8 Å². The largest absolute Gasteiger partial charge is 0.462 e. The van der Waals surface area contributed by atoms with Gasteiger partial charge in [-0.2, -0.15) is 0 Å². The number of carbonyl (C=O) groups is 2. The second-order valence-corrected chi connectivity index (χ2v) is 20.3. The normalized spacial score (nSPS) is 30.9. The summed E-state index contributed by atoms with van der Waals surface area (Å²) in [4.78, 5) is 34.1. The number of hydrogen-bond acceptors (Lipinski definition) is 26. The van der Waals surface area contributed by atoms with E-state index in [0.717, 1.165) is 25.7 Å². The summed E-state index contributed by atoms with van der Waals surface area (Å²) in [7, 11) is 1.31. The minimum absolute atomic E-state index is 0.0226. The summed E-state index contributed by atoms with van der Waals surface area (Å²) in [6.45, 7) is -1.39. The van der Waals surface area contributed by atoms with E-state index in [9.17, 15) is 65.5 Å². The van der Waals surface area contributed by atoms with Gasteiger partial charge in [-0.1, -0.05) is 12.8 Å².